The summed E-state index contributed by atoms with van der Waals surface area (Å²) in [5.74, 6) is -0.859. The average molecular weight is 356 g/mol. The monoisotopic (exact) mass is 356 g/mol. The summed E-state index contributed by atoms with van der Waals surface area (Å²) in [4.78, 5) is 15.1. The minimum Gasteiger partial charge on any atom is -0.466 e. The van der Waals surface area contributed by atoms with Crippen molar-refractivity contribution >= 4 is 11.7 Å². The highest BCUT2D eigenvalue weighted by atomic mass is 16.5. The van der Waals surface area contributed by atoms with Crippen LogP contribution in [0.1, 0.15) is 25.3 Å². The molecule has 3 N–H and O–H groups in total. The van der Waals surface area contributed by atoms with E-state index in [-0.39, 0.29) is 11.5 Å². The lowest BCUT2D eigenvalue weighted by Gasteiger charge is -2.54. The van der Waals surface area contributed by atoms with Crippen LogP contribution in [0.5, 0.6) is 0 Å². The van der Waals surface area contributed by atoms with Crippen LogP contribution in [0.3, 0.4) is 0 Å². The van der Waals surface area contributed by atoms with Gasteiger partial charge in [0.1, 0.15) is 5.60 Å². The molecule has 1 spiro atoms. The zero-order valence-electron chi connectivity index (χ0n) is 15.0. The molecule has 2 bridgehead atoms. The summed E-state index contributed by atoms with van der Waals surface area (Å²) in [5, 5.41) is 25.2. The largest absolute Gasteiger partial charge is 0.466 e. The number of carbonyl (C=O) groups excluding carboxylic acids is 1. The van der Waals surface area contributed by atoms with Gasteiger partial charge >= 0.3 is 5.97 Å². The maximum atomic E-state index is 12.8. The lowest BCUT2D eigenvalue weighted by atomic mass is 9.58. The van der Waals surface area contributed by atoms with Crippen molar-refractivity contribution in [3.63, 3.8) is 0 Å². The average Bonchev–Trinajstić information content (AvgIpc) is 3.18. The van der Waals surface area contributed by atoms with Crippen LogP contribution in [-0.4, -0.2) is 59.0 Å². The molecule has 6 heteroatoms. The summed E-state index contributed by atoms with van der Waals surface area (Å²) in [7, 11) is 1.38. The molecule has 1 aliphatic carbocycles. The Balaban J connectivity index is 1.80. The molecule has 0 aromatic heterocycles. The maximum absolute atomic E-state index is 12.8. The summed E-state index contributed by atoms with van der Waals surface area (Å²) >= 11 is 0. The van der Waals surface area contributed by atoms with E-state index in [2.05, 4.69) is 16.3 Å². The van der Waals surface area contributed by atoms with Crippen LogP contribution in [0.4, 0.5) is 5.69 Å². The van der Waals surface area contributed by atoms with Gasteiger partial charge in [0, 0.05) is 29.9 Å². The van der Waals surface area contributed by atoms with Crippen molar-refractivity contribution in [1.29, 1.82) is 0 Å². The minimum atomic E-state index is -1.36. The fourth-order valence-electron chi connectivity index (χ4n) is 5.95. The highest BCUT2D eigenvalue weighted by Crippen LogP contribution is 2.62. The lowest BCUT2D eigenvalue weighted by molar-refractivity contribution is -0.157. The smallest absolute Gasteiger partial charge is 0.335 e. The Morgan fingerprint density at radius 1 is 1.42 bits per heavy atom. The molecule has 5 rings (SSSR count). The molecule has 3 aliphatic heterocycles. The number of hydrogen-bond donors (Lipinski definition) is 3. The highest BCUT2D eigenvalue weighted by Gasteiger charge is 2.66. The Morgan fingerprint density at radius 3 is 2.92 bits per heavy atom. The zero-order valence-corrected chi connectivity index (χ0v) is 15.0. The van der Waals surface area contributed by atoms with E-state index in [0.29, 0.717) is 18.5 Å². The second-order valence-corrected chi connectivity index (χ2v) is 8.11. The van der Waals surface area contributed by atoms with Gasteiger partial charge in [-0.25, -0.2) is 4.79 Å². The molecular weight excluding hydrogens is 332 g/mol. The zero-order chi connectivity index (χ0) is 18.3. The molecule has 26 heavy (non-hydrogen) atoms. The minimum absolute atomic E-state index is 0.214. The van der Waals surface area contributed by atoms with Crippen molar-refractivity contribution in [3.05, 3.63) is 41.1 Å². The number of anilines is 1. The fraction of sp³-hybridized carbons (Fsp3) is 0.550. The molecule has 2 saturated heterocycles. The predicted molar refractivity (Wildman–Crippen MR) is 95.5 cm³/mol. The molecule has 3 heterocycles. The van der Waals surface area contributed by atoms with Gasteiger partial charge in [-0.2, -0.15) is 0 Å². The van der Waals surface area contributed by atoms with Gasteiger partial charge in [0.2, 0.25) is 0 Å². The number of hydrogen-bond acceptors (Lipinski definition) is 6. The number of piperidine rings is 1. The topological polar surface area (TPSA) is 82.0 Å². The van der Waals surface area contributed by atoms with E-state index in [1.807, 2.05) is 18.2 Å². The molecule has 1 aromatic rings. The van der Waals surface area contributed by atoms with Crippen LogP contribution in [-0.2, 0) is 14.9 Å². The van der Waals surface area contributed by atoms with Crippen molar-refractivity contribution in [1.82, 2.24) is 4.90 Å². The number of nitrogens with one attached hydrogen (secondary N) is 1. The number of aliphatic hydroxyl groups excluding tert-OH is 1. The van der Waals surface area contributed by atoms with Gasteiger partial charge in [0.05, 0.1) is 24.2 Å². The van der Waals surface area contributed by atoms with Crippen molar-refractivity contribution in [3.8, 4) is 0 Å². The third-order valence-corrected chi connectivity index (χ3v) is 7.18. The van der Waals surface area contributed by atoms with Crippen molar-refractivity contribution < 1.29 is 19.7 Å². The van der Waals surface area contributed by atoms with E-state index in [1.54, 1.807) is 6.92 Å². The number of esters is 1. The van der Waals surface area contributed by atoms with E-state index in [4.69, 9.17) is 4.74 Å². The number of para-hydroxylation sites is 1. The molecule has 138 valence electrons. The normalized spacial score (nSPS) is 38.5. The molecule has 0 radical (unpaired) electrons. The molecule has 2 fully saturated rings. The van der Waals surface area contributed by atoms with Crippen LogP contribution in [0.2, 0.25) is 0 Å². The van der Waals surface area contributed by atoms with Gasteiger partial charge in [0.15, 0.2) is 0 Å². The number of carbonyl (C=O) groups is 1. The SMILES string of the molecule is COC(=O)C1=C2Nc3ccccc3[C@@]23CCN2C[C@@](O)([C@@H](C)O)C1C[C@H]23. The number of fused-ring (bicyclic) bond motifs is 2. The molecule has 5 atom stereocenters. The molecule has 1 aromatic carbocycles. The van der Waals surface area contributed by atoms with E-state index in [9.17, 15) is 15.0 Å². The van der Waals surface area contributed by atoms with Crippen molar-refractivity contribution in [2.24, 2.45) is 5.92 Å². The molecule has 6 nitrogen and oxygen atoms in total. The van der Waals surface area contributed by atoms with Crippen LogP contribution in [0, 0.1) is 5.92 Å². The van der Waals surface area contributed by atoms with Gasteiger partial charge in [0.25, 0.3) is 0 Å². The molecule has 0 saturated carbocycles. The number of methoxy groups -OCH3 is 1. The van der Waals surface area contributed by atoms with E-state index >= 15 is 0 Å². The number of aliphatic hydroxyl groups is 2. The summed E-state index contributed by atoms with van der Waals surface area (Å²) in [6.07, 6.45) is 0.594. The van der Waals surface area contributed by atoms with Gasteiger partial charge in [-0.3, -0.25) is 4.90 Å². The number of rotatable bonds is 2. The Labute approximate surface area is 152 Å². The third kappa shape index (κ3) is 1.70. The molecular formula is C20H24N2O4. The maximum Gasteiger partial charge on any atom is 0.335 e. The first kappa shape index (κ1) is 16.3. The van der Waals surface area contributed by atoms with Crippen LogP contribution >= 0.6 is 0 Å². The molecule has 0 amide bonds. The van der Waals surface area contributed by atoms with Gasteiger partial charge < -0.3 is 20.3 Å². The first-order valence-electron chi connectivity index (χ1n) is 9.27. The second kappa shape index (κ2) is 5.09. The Bertz CT molecular complexity index is 835. The van der Waals surface area contributed by atoms with Crippen LogP contribution < -0.4 is 5.32 Å². The Morgan fingerprint density at radius 2 is 2.19 bits per heavy atom. The van der Waals surface area contributed by atoms with Gasteiger partial charge in [-0.05, 0) is 37.9 Å². The standard InChI is InChI=1S/C20H24N2O4/c1-11(23)20(25)10-22-8-7-19-12-5-3-4-6-14(12)21-17(19)16(18(24)26-2)13(20)9-15(19)22/h3-6,11,13,15,21,23,25H,7-10H2,1-2H3/t11-,13?,15+,19-,20-/m1/s1. The molecule has 1 unspecified atom stereocenters. The van der Waals surface area contributed by atoms with E-state index in [1.165, 1.54) is 12.7 Å². The predicted octanol–water partition coefficient (Wildman–Crippen LogP) is 0.997. The second-order valence-electron chi connectivity index (χ2n) is 8.11. The van der Waals surface area contributed by atoms with E-state index < -0.39 is 23.6 Å². The van der Waals surface area contributed by atoms with E-state index in [0.717, 1.165) is 24.4 Å². The summed E-state index contributed by atoms with van der Waals surface area (Å²) < 4.78 is 5.12. The first-order chi connectivity index (χ1) is 12.4. The fourth-order valence-corrected chi connectivity index (χ4v) is 5.95. The highest BCUT2D eigenvalue weighted by molar-refractivity contribution is 5.94. The van der Waals surface area contributed by atoms with Gasteiger partial charge in [-0.15, -0.1) is 0 Å². The first-order valence-corrected chi connectivity index (χ1v) is 9.27. The van der Waals surface area contributed by atoms with Crippen molar-refractivity contribution in [2.45, 2.75) is 42.9 Å². The number of nitrogens with zero attached hydrogens (tertiary/aromatic N) is 1. The van der Waals surface area contributed by atoms with Crippen LogP contribution in [0.25, 0.3) is 0 Å². The van der Waals surface area contributed by atoms with Crippen LogP contribution in [0.15, 0.2) is 35.5 Å². The summed E-state index contributed by atoms with van der Waals surface area (Å²) in [5.41, 5.74) is 2.01. The summed E-state index contributed by atoms with van der Waals surface area (Å²) in [6.45, 7) is 2.81. The third-order valence-electron chi connectivity index (χ3n) is 7.18. The molecule has 4 aliphatic rings. The Kier molecular flexibility index (Phi) is 3.19. The summed E-state index contributed by atoms with van der Waals surface area (Å²) in [6, 6.07) is 8.43. The number of ether oxygens (including phenoxy) is 1. The van der Waals surface area contributed by atoms with Gasteiger partial charge in [-0.1, -0.05) is 18.2 Å². The Hall–Kier alpha value is -1.89. The lowest BCUT2D eigenvalue weighted by Crippen LogP contribution is -2.66. The van der Waals surface area contributed by atoms with Crippen molar-refractivity contribution in [2.75, 3.05) is 25.5 Å². The number of benzene rings is 1. The quantitative estimate of drug-likeness (QED) is 0.686.